The summed E-state index contributed by atoms with van der Waals surface area (Å²) in [7, 11) is 1.60. The number of ether oxygens (including phenoxy) is 1. The fraction of sp³-hybridized carbons (Fsp3) is 0.500. The van der Waals surface area contributed by atoms with Gasteiger partial charge in [0, 0.05) is 17.5 Å². The lowest BCUT2D eigenvalue weighted by Gasteiger charge is -2.29. The van der Waals surface area contributed by atoms with E-state index in [0.29, 0.717) is 11.3 Å². The third-order valence-electron chi connectivity index (χ3n) is 4.63. The second kappa shape index (κ2) is 6.62. The summed E-state index contributed by atoms with van der Waals surface area (Å²) < 4.78 is 10.9. The zero-order valence-electron chi connectivity index (χ0n) is 14.4. The zero-order chi connectivity index (χ0) is 17.2. The summed E-state index contributed by atoms with van der Waals surface area (Å²) in [6.45, 7) is 7.73. The molecule has 1 amide bonds. The maximum atomic E-state index is 12.4. The molecule has 0 bridgehead atoms. The quantitative estimate of drug-likeness (QED) is 0.857. The molecule has 2 unspecified atom stereocenters. The van der Waals surface area contributed by atoms with Gasteiger partial charge in [-0.2, -0.15) is 0 Å². The van der Waals surface area contributed by atoms with Gasteiger partial charge in [-0.1, -0.05) is 20.3 Å². The molecule has 126 valence electrons. The Hall–Kier alpha value is -2.01. The SMILES string of the molecule is CCC(C)C(C)(O)CNC(=O)c1oc2ccc(OC)cc2c1C. The topological polar surface area (TPSA) is 71.7 Å². The summed E-state index contributed by atoms with van der Waals surface area (Å²) in [5, 5.41) is 14.0. The first-order chi connectivity index (χ1) is 10.8. The lowest BCUT2D eigenvalue weighted by Crippen LogP contribution is -2.45. The molecule has 2 atom stereocenters. The van der Waals surface area contributed by atoms with E-state index in [2.05, 4.69) is 5.32 Å². The number of carbonyl (C=O) groups excluding carboxylic acids is 1. The van der Waals surface area contributed by atoms with Crippen molar-refractivity contribution in [2.45, 2.75) is 39.7 Å². The molecule has 23 heavy (non-hydrogen) atoms. The molecule has 0 spiro atoms. The van der Waals surface area contributed by atoms with E-state index in [0.717, 1.165) is 17.4 Å². The monoisotopic (exact) mass is 319 g/mol. The van der Waals surface area contributed by atoms with Gasteiger partial charge in [0.1, 0.15) is 11.3 Å². The van der Waals surface area contributed by atoms with Crippen molar-refractivity contribution in [2.24, 2.45) is 5.92 Å². The summed E-state index contributed by atoms with van der Waals surface area (Å²) >= 11 is 0. The normalized spacial score (nSPS) is 15.2. The van der Waals surface area contributed by atoms with Crippen LogP contribution in [-0.2, 0) is 0 Å². The van der Waals surface area contributed by atoms with Crippen LogP contribution in [0.1, 0.15) is 43.3 Å². The molecule has 0 aliphatic carbocycles. The van der Waals surface area contributed by atoms with Crippen molar-refractivity contribution in [3.8, 4) is 5.75 Å². The fourth-order valence-electron chi connectivity index (χ4n) is 2.50. The standard InChI is InChI=1S/C18H25NO4/c1-6-11(2)18(4,21)10-19-17(20)16-12(3)14-9-13(22-5)7-8-15(14)23-16/h7-9,11,21H,6,10H2,1-5H3,(H,19,20). The van der Waals surface area contributed by atoms with Crippen LogP contribution in [0.4, 0.5) is 0 Å². The molecule has 5 nitrogen and oxygen atoms in total. The van der Waals surface area contributed by atoms with E-state index in [-0.39, 0.29) is 24.1 Å². The van der Waals surface area contributed by atoms with E-state index < -0.39 is 5.60 Å². The van der Waals surface area contributed by atoms with Gasteiger partial charge in [0.05, 0.1) is 12.7 Å². The molecular formula is C18H25NO4. The van der Waals surface area contributed by atoms with Gasteiger partial charge < -0.3 is 19.6 Å². The van der Waals surface area contributed by atoms with Gasteiger partial charge in [-0.15, -0.1) is 0 Å². The van der Waals surface area contributed by atoms with E-state index in [1.165, 1.54) is 0 Å². The predicted molar refractivity (Wildman–Crippen MR) is 89.9 cm³/mol. The van der Waals surface area contributed by atoms with E-state index in [9.17, 15) is 9.90 Å². The van der Waals surface area contributed by atoms with Crippen molar-refractivity contribution in [2.75, 3.05) is 13.7 Å². The molecule has 0 saturated heterocycles. The van der Waals surface area contributed by atoms with Crippen molar-refractivity contribution >= 4 is 16.9 Å². The number of amides is 1. The highest BCUT2D eigenvalue weighted by atomic mass is 16.5. The van der Waals surface area contributed by atoms with Crippen molar-refractivity contribution in [3.63, 3.8) is 0 Å². The van der Waals surface area contributed by atoms with Gasteiger partial charge in [0.25, 0.3) is 5.91 Å². The number of nitrogens with one attached hydrogen (secondary N) is 1. The first-order valence-electron chi connectivity index (χ1n) is 7.87. The smallest absolute Gasteiger partial charge is 0.287 e. The average Bonchev–Trinajstić information content (AvgIpc) is 2.88. The van der Waals surface area contributed by atoms with Gasteiger partial charge in [0.15, 0.2) is 5.76 Å². The number of carbonyl (C=O) groups is 1. The Morgan fingerprint density at radius 3 is 2.78 bits per heavy atom. The highest BCUT2D eigenvalue weighted by molar-refractivity contribution is 5.99. The molecule has 2 aromatic rings. The summed E-state index contributed by atoms with van der Waals surface area (Å²) in [6.07, 6.45) is 0.840. The van der Waals surface area contributed by atoms with Crippen molar-refractivity contribution in [3.05, 3.63) is 29.5 Å². The van der Waals surface area contributed by atoms with Crippen LogP contribution in [0.25, 0.3) is 11.0 Å². The van der Waals surface area contributed by atoms with Gasteiger partial charge in [-0.05, 0) is 38.0 Å². The Morgan fingerprint density at radius 2 is 2.17 bits per heavy atom. The molecule has 0 aliphatic heterocycles. The van der Waals surface area contributed by atoms with Gasteiger partial charge in [-0.25, -0.2) is 0 Å². The number of rotatable bonds is 6. The van der Waals surface area contributed by atoms with Crippen LogP contribution in [0.2, 0.25) is 0 Å². The number of aryl methyl sites for hydroxylation is 1. The molecule has 2 N–H and O–H groups in total. The van der Waals surface area contributed by atoms with Gasteiger partial charge in [0.2, 0.25) is 0 Å². The van der Waals surface area contributed by atoms with E-state index in [4.69, 9.17) is 9.15 Å². The summed E-state index contributed by atoms with van der Waals surface area (Å²) in [6, 6.07) is 5.42. The van der Waals surface area contributed by atoms with Gasteiger partial charge in [-0.3, -0.25) is 4.79 Å². The number of fused-ring (bicyclic) bond motifs is 1. The summed E-state index contributed by atoms with van der Waals surface area (Å²) in [4.78, 5) is 12.4. The lowest BCUT2D eigenvalue weighted by molar-refractivity contribution is 0.00570. The first kappa shape index (κ1) is 17.3. The van der Waals surface area contributed by atoms with Gasteiger partial charge >= 0.3 is 0 Å². The third kappa shape index (κ3) is 3.50. The number of aliphatic hydroxyl groups is 1. The van der Waals surface area contributed by atoms with Crippen molar-refractivity contribution < 1.29 is 19.1 Å². The molecule has 2 rings (SSSR count). The Balaban J connectivity index is 2.20. The van der Waals surface area contributed by atoms with E-state index >= 15 is 0 Å². The molecule has 1 aromatic heterocycles. The zero-order valence-corrected chi connectivity index (χ0v) is 14.4. The average molecular weight is 319 g/mol. The highest BCUT2D eigenvalue weighted by Crippen LogP contribution is 2.29. The first-order valence-corrected chi connectivity index (χ1v) is 7.87. The van der Waals surface area contributed by atoms with E-state index in [1.807, 2.05) is 26.8 Å². The molecular weight excluding hydrogens is 294 g/mol. The number of benzene rings is 1. The second-order valence-corrected chi connectivity index (χ2v) is 6.27. The Bertz CT molecular complexity index is 702. The Labute approximate surface area is 136 Å². The van der Waals surface area contributed by atoms with Crippen molar-refractivity contribution in [1.29, 1.82) is 0 Å². The minimum Gasteiger partial charge on any atom is -0.497 e. The minimum atomic E-state index is -0.951. The summed E-state index contributed by atoms with van der Waals surface area (Å²) in [5.41, 5.74) is 0.454. The van der Waals surface area contributed by atoms with E-state index in [1.54, 1.807) is 26.2 Å². The van der Waals surface area contributed by atoms with Crippen LogP contribution in [0.15, 0.2) is 22.6 Å². The number of hydrogen-bond donors (Lipinski definition) is 2. The minimum absolute atomic E-state index is 0.0869. The molecule has 1 aromatic carbocycles. The molecule has 1 heterocycles. The third-order valence-corrected chi connectivity index (χ3v) is 4.63. The lowest BCUT2D eigenvalue weighted by atomic mass is 9.88. The highest BCUT2D eigenvalue weighted by Gasteiger charge is 2.28. The second-order valence-electron chi connectivity index (χ2n) is 6.27. The van der Waals surface area contributed by atoms with Crippen LogP contribution in [0.5, 0.6) is 5.75 Å². The maximum absolute atomic E-state index is 12.4. The number of methoxy groups -OCH3 is 1. The molecule has 0 fully saturated rings. The van der Waals surface area contributed by atoms with Crippen LogP contribution < -0.4 is 10.1 Å². The maximum Gasteiger partial charge on any atom is 0.287 e. The number of hydrogen-bond acceptors (Lipinski definition) is 4. The number of furan rings is 1. The largest absolute Gasteiger partial charge is 0.497 e. The van der Waals surface area contributed by atoms with Crippen LogP contribution in [0, 0.1) is 12.8 Å². The van der Waals surface area contributed by atoms with Crippen LogP contribution >= 0.6 is 0 Å². The molecule has 0 aliphatic rings. The Kier molecular flexibility index (Phi) is 5.00. The molecule has 0 radical (unpaired) electrons. The predicted octanol–water partition coefficient (Wildman–Crippen LogP) is 3.28. The van der Waals surface area contributed by atoms with Crippen LogP contribution in [-0.4, -0.2) is 30.3 Å². The molecule has 5 heteroatoms. The van der Waals surface area contributed by atoms with Crippen molar-refractivity contribution in [1.82, 2.24) is 5.32 Å². The Morgan fingerprint density at radius 1 is 1.48 bits per heavy atom. The summed E-state index contributed by atoms with van der Waals surface area (Å²) in [5.74, 6) is 0.756. The molecule has 0 saturated carbocycles. The van der Waals surface area contributed by atoms with Crippen LogP contribution in [0.3, 0.4) is 0 Å². The fourth-order valence-corrected chi connectivity index (χ4v) is 2.50.